The summed E-state index contributed by atoms with van der Waals surface area (Å²) in [7, 11) is -4.29. The van der Waals surface area contributed by atoms with E-state index in [1.165, 1.54) is 0 Å². The lowest BCUT2D eigenvalue weighted by Gasteiger charge is -2.48. The number of halogens is 9. The summed E-state index contributed by atoms with van der Waals surface area (Å²) in [6.07, 6.45) is -11.6. The molecule has 0 heterocycles. The predicted octanol–water partition coefficient (Wildman–Crippen LogP) is 8.77. The zero-order valence-corrected chi connectivity index (χ0v) is 23.7. The van der Waals surface area contributed by atoms with Crippen LogP contribution in [0.2, 0.25) is 0 Å². The van der Waals surface area contributed by atoms with E-state index in [0.29, 0.717) is 30.7 Å². The van der Waals surface area contributed by atoms with Crippen molar-refractivity contribution in [3.05, 3.63) is 101 Å². The van der Waals surface area contributed by atoms with Crippen molar-refractivity contribution in [2.75, 3.05) is 0 Å². The van der Waals surface area contributed by atoms with Crippen LogP contribution < -0.4 is 0 Å². The number of alkyl halides is 6. The van der Waals surface area contributed by atoms with Crippen molar-refractivity contribution in [3.8, 4) is 0 Å². The number of hydrogen-bond acceptors (Lipinski definition) is 3. The second-order valence-electron chi connectivity index (χ2n) is 11.1. The van der Waals surface area contributed by atoms with Gasteiger partial charge in [-0.25, -0.2) is 21.6 Å². The first kappa shape index (κ1) is 32.8. The molecule has 0 N–H and O–H groups in total. The fourth-order valence-electron chi connectivity index (χ4n) is 5.75. The molecule has 0 spiro atoms. The van der Waals surface area contributed by atoms with Crippen LogP contribution in [0.15, 0.2) is 71.6 Å². The topological polar surface area (TPSA) is 43.4 Å². The van der Waals surface area contributed by atoms with Crippen molar-refractivity contribution in [2.45, 2.75) is 67.3 Å². The lowest BCUT2D eigenvalue weighted by atomic mass is 9.67. The summed E-state index contributed by atoms with van der Waals surface area (Å²) in [6, 6.07) is 8.82. The number of rotatable bonds is 9. The first-order valence-electron chi connectivity index (χ1n) is 13.2. The van der Waals surface area contributed by atoms with Gasteiger partial charge in [0.1, 0.15) is 22.2 Å². The molecule has 1 saturated carbocycles. The van der Waals surface area contributed by atoms with Crippen LogP contribution in [0.25, 0.3) is 0 Å². The van der Waals surface area contributed by atoms with E-state index in [1.54, 1.807) is 0 Å². The molecule has 3 nitrogen and oxygen atoms in total. The lowest BCUT2D eigenvalue weighted by Crippen LogP contribution is -2.56. The molecule has 3 aromatic rings. The van der Waals surface area contributed by atoms with Crippen LogP contribution in [0.5, 0.6) is 0 Å². The Morgan fingerprint density at radius 2 is 1.33 bits per heavy atom. The van der Waals surface area contributed by atoms with Crippen LogP contribution in [0.3, 0.4) is 0 Å². The zero-order chi connectivity index (χ0) is 32.0. The SMILES string of the molecule is CC(C)CC1CC(c2ccc(C(OCc3c(F)cccc3F)(C(F)(F)F)C(F)(F)F)cc2)(S(=O)(=O)c2ccc(F)cc2)C1. The molecule has 234 valence electrons. The van der Waals surface area contributed by atoms with Crippen LogP contribution >= 0.6 is 0 Å². The molecule has 1 aliphatic rings. The summed E-state index contributed by atoms with van der Waals surface area (Å²) >= 11 is 0. The second kappa shape index (κ2) is 11.5. The molecule has 0 radical (unpaired) electrons. The highest BCUT2D eigenvalue weighted by Crippen LogP contribution is 2.57. The Morgan fingerprint density at radius 3 is 1.79 bits per heavy atom. The average Bonchev–Trinajstić information content (AvgIpc) is 2.86. The fourth-order valence-corrected chi connectivity index (χ4v) is 8.05. The Hall–Kier alpha value is -3.06. The van der Waals surface area contributed by atoms with E-state index >= 15 is 0 Å². The van der Waals surface area contributed by atoms with Gasteiger partial charge in [-0.15, -0.1) is 0 Å². The molecular formula is C30H27F9O3S. The zero-order valence-electron chi connectivity index (χ0n) is 22.9. The second-order valence-corrected chi connectivity index (χ2v) is 13.4. The Morgan fingerprint density at radius 1 is 0.814 bits per heavy atom. The summed E-state index contributed by atoms with van der Waals surface area (Å²) in [5, 5.41) is 0. The van der Waals surface area contributed by atoms with Gasteiger partial charge in [0, 0.05) is 11.1 Å². The molecule has 1 aliphatic carbocycles. The smallest absolute Gasteiger partial charge is 0.349 e. The van der Waals surface area contributed by atoms with Gasteiger partial charge in [-0.05, 0) is 73.1 Å². The summed E-state index contributed by atoms with van der Waals surface area (Å²) in [5.41, 5.74) is -7.65. The Bertz CT molecular complexity index is 1510. The molecule has 43 heavy (non-hydrogen) atoms. The van der Waals surface area contributed by atoms with E-state index in [2.05, 4.69) is 4.74 Å². The summed E-state index contributed by atoms with van der Waals surface area (Å²) < 4.78 is 158. The van der Waals surface area contributed by atoms with Crippen LogP contribution in [-0.2, 0) is 31.5 Å². The number of benzene rings is 3. The third-order valence-corrected chi connectivity index (χ3v) is 10.3. The van der Waals surface area contributed by atoms with Gasteiger partial charge >= 0.3 is 12.4 Å². The highest BCUT2D eigenvalue weighted by Gasteiger charge is 2.73. The predicted molar refractivity (Wildman–Crippen MR) is 139 cm³/mol. The highest BCUT2D eigenvalue weighted by atomic mass is 32.2. The van der Waals surface area contributed by atoms with Crippen LogP contribution in [-0.4, -0.2) is 20.8 Å². The molecular weight excluding hydrogens is 611 g/mol. The van der Waals surface area contributed by atoms with Crippen molar-refractivity contribution in [1.29, 1.82) is 0 Å². The minimum absolute atomic E-state index is 0.0387. The van der Waals surface area contributed by atoms with Gasteiger partial charge in [-0.1, -0.05) is 44.2 Å². The first-order chi connectivity index (χ1) is 19.9. The van der Waals surface area contributed by atoms with Crippen LogP contribution in [0.1, 0.15) is 49.8 Å². The lowest BCUT2D eigenvalue weighted by molar-refractivity contribution is -0.392. The Labute approximate surface area is 242 Å². The van der Waals surface area contributed by atoms with Crippen molar-refractivity contribution in [2.24, 2.45) is 11.8 Å². The van der Waals surface area contributed by atoms with Crippen molar-refractivity contribution < 1.29 is 52.7 Å². The van der Waals surface area contributed by atoms with E-state index in [0.717, 1.165) is 42.5 Å². The molecule has 0 bridgehead atoms. The average molecular weight is 639 g/mol. The minimum atomic E-state index is -6.15. The van der Waals surface area contributed by atoms with E-state index in [4.69, 9.17) is 0 Å². The molecule has 1 fully saturated rings. The fraction of sp³-hybridized carbons (Fsp3) is 0.400. The quantitative estimate of drug-likeness (QED) is 0.174. The Balaban J connectivity index is 1.81. The number of hydrogen-bond donors (Lipinski definition) is 0. The van der Waals surface area contributed by atoms with E-state index in [9.17, 15) is 47.9 Å². The number of sulfone groups is 1. The van der Waals surface area contributed by atoms with Gasteiger partial charge in [-0.3, -0.25) is 0 Å². The van der Waals surface area contributed by atoms with Gasteiger partial charge < -0.3 is 4.74 Å². The molecule has 3 aromatic carbocycles. The third kappa shape index (κ3) is 5.77. The molecule has 0 atom stereocenters. The van der Waals surface area contributed by atoms with Gasteiger partial charge in [0.25, 0.3) is 5.60 Å². The van der Waals surface area contributed by atoms with Crippen LogP contribution in [0, 0.1) is 29.3 Å². The normalized spacial score (nSPS) is 19.9. The van der Waals surface area contributed by atoms with Gasteiger partial charge in [0.15, 0.2) is 9.84 Å². The van der Waals surface area contributed by atoms with E-state index in [-0.39, 0.29) is 35.1 Å². The summed E-state index contributed by atoms with van der Waals surface area (Å²) in [5.74, 6) is -3.41. The summed E-state index contributed by atoms with van der Waals surface area (Å²) in [4.78, 5) is -0.254. The first-order valence-corrected chi connectivity index (χ1v) is 14.7. The molecule has 0 saturated heterocycles. The molecule has 0 aromatic heterocycles. The van der Waals surface area contributed by atoms with Crippen molar-refractivity contribution in [3.63, 3.8) is 0 Å². The minimum Gasteiger partial charge on any atom is -0.349 e. The molecule has 0 aliphatic heterocycles. The molecule has 0 amide bonds. The molecule has 13 heteroatoms. The van der Waals surface area contributed by atoms with Gasteiger partial charge in [0.05, 0.1) is 11.5 Å². The standard InChI is InChI=1S/C30H27F9O3S/c1-18(2)14-19-15-27(16-19,43(40,41)23-12-10-22(31)11-13-23)20-6-8-21(9-7-20)28(29(34,35)36,30(37,38)39)42-17-24-25(32)4-3-5-26(24)33/h3-13,18-19H,14-17H2,1-2H3. The maximum absolute atomic E-state index is 14.3. The van der Waals surface area contributed by atoms with Crippen molar-refractivity contribution in [1.82, 2.24) is 0 Å². The van der Waals surface area contributed by atoms with Crippen molar-refractivity contribution >= 4 is 9.84 Å². The number of ether oxygens (including phenoxy) is 1. The van der Waals surface area contributed by atoms with Crippen LogP contribution in [0.4, 0.5) is 39.5 Å². The van der Waals surface area contributed by atoms with Gasteiger partial charge in [0.2, 0.25) is 0 Å². The van der Waals surface area contributed by atoms with E-state index < -0.39 is 67.7 Å². The Kier molecular flexibility index (Phi) is 8.75. The molecule has 0 unspecified atom stereocenters. The van der Waals surface area contributed by atoms with Gasteiger partial charge in [-0.2, -0.15) is 26.3 Å². The monoisotopic (exact) mass is 638 g/mol. The summed E-state index contributed by atoms with van der Waals surface area (Å²) in [6.45, 7) is 2.13. The maximum atomic E-state index is 14.3. The molecule has 4 rings (SSSR count). The third-order valence-electron chi connectivity index (χ3n) is 7.79. The van der Waals surface area contributed by atoms with E-state index in [1.807, 2.05) is 13.8 Å². The maximum Gasteiger partial charge on any atom is 0.430 e. The largest absolute Gasteiger partial charge is 0.430 e. The highest BCUT2D eigenvalue weighted by molar-refractivity contribution is 7.92.